The van der Waals surface area contributed by atoms with E-state index in [0.717, 1.165) is 12.8 Å². The Morgan fingerprint density at radius 2 is 2.17 bits per heavy atom. The Bertz CT molecular complexity index is 139. The van der Waals surface area contributed by atoms with Gasteiger partial charge in [0.25, 0.3) is 0 Å². The fourth-order valence-corrected chi connectivity index (χ4v) is 1.40. The Morgan fingerprint density at radius 1 is 1.42 bits per heavy atom. The lowest BCUT2D eigenvalue weighted by atomic mass is 10.2. The number of ether oxygens (including phenoxy) is 4. The number of rotatable bonds is 4. The lowest BCUT2D eigenvalue weighted by Gasteiger charge is -2.26. The Morgan fingerprint density at radius 3 is 2.58 bits per heavy atom. The summed E-state index contributed by atoms with van der Waals surface area (Å²) in [5.41, 5.74) is 0. The van der Waals surface area contributed by atoms with Gasteiger partial charge in [-0.05, 0) is 0 Å². The van der Waals surface area contributed by atoms with Gasteiger partial charge in [-0.1, -0.05) is 0 Å². The van der Waals surface area contributed by atoms with Crippen molar-refractivity contribution in [2.24, 2.45) is 0 Å². The van der Waals surface area contributed by atoms with Crippen LogP contribution in [0.15, 0.2) is 0 Å². The molecule has 0 bridgehead atoms. The summed E-state index contributed by atoms with van der Waals surface area (Å²) in [6.45, 7) is 0.448. The van der Waals surface area contributed by atoms with Crippen molar-refractivity contribution in [3.63, 3.8) is 0 Å². The van der Waals surface area contributed by atoms with E-state index in [9.17, 15) is 0 Å². The lowest BCUT2D eigenvalue weighted by Crippen LogP contribution is -2.36. The Balaban J connectivity index is 2.47. The van der Waals surface area contributed by atoms with Crippen LogP contribution in [-0.2, 0) is 18.9 Å². The van der Waals surface area contributed by atoms with E-state index in [4.69, 9.17) is 18.9 Å². The molecule has 1 fully saturated rings. The van der Waals surface area contributed by atoms with E-state index < -0.39 is 5.79 Å². The average molecular weight is 176 g/mol. The highest BCUT2D eigenvalue weighted by Gasteiger charge is 2.40. The molecule has 0 unspecified atom stereocenters. The van der Waals surface area contributed by atoms with Gasteiger partial charge in [0.1, 0.15) is 6.61 Å². The maximum atomic E-state index is 5.52. The second kappa shape index (κ2) is 4.18. The Hall–Kier alpha value is -0.160. The quantitative estimate of drug-likeness (QED) is 0.633. The second-order valence-corrected chi connectivity index (χ2v) is 2.87. The third-order valence-electron chi connectivity index (χ3n) is 2.11. The molecule has 0 saturated carbocycles. The van der Waals surface area contributed by atoms with Crippen molar-refractivity contribution in [2.45, 2.75) is 24.9 Å². The molecule has 4 heteroatoms. The van der Waals surface area contributed by atoms with Crippen LogP contribution in [0.25, 0.3) is 0 Å². The molecule has 1 aliphatic heterocycles. The molecule has 0 amide bonds. The zero-order chi connectivity index (χ0) is 9.03. The van der Waals surface area contributed by atoms with Crippen LogP contribution in [0.3, 0.4) is 0 Å². The van der Waals surface area contributed by atoms with Crippen LogP contribution < -0.4 is 0 Å². The normalized spacial score (nSPS) is 35.8. The number of hydrogen-bond donors (Lipinski definition) is 0. The van der Waals surface area contributed by atoms with Crippen molar-refractivity contribution < 1.29 is 18.9 Å². The molecule has 2 atom stereocenters. The molecule has 12 heavy (non-hydrogen) atoms. The SMILES string of the molecule is COC[C@]1(OC)CC[C@@H](OC)O1. The smallest absolute Gasteiger partial charge is 0.194 e. The minimum atomic E-state index is -0.588. The fourth-order valence-electron chi connectivity index (χ4n) is 1.40. The van der Waals surface area contributed by atoms with Crippen LogP contribution in [0.2, 0.25) is 0 Å². The summed E-state index contributed by atoms with van der Waals surface area (Å²) in [5.74, 6) is -0.588. The molecule has 0 spiro atoms. The molecule has 0 aromatic rings. The lowest BCUT2D eigenvalue weighted by molar-refractivity contribution is -0.271. The number of methoxy groups -OCH3 is 3. The summed E-state index contributed by atoms with van der Waals surface area (Å²) < 4.78 is 20.8. The highest BCUT2D eigenvalue weighted by atomic mass is 16.8. The molecular weight excluding hydrogens is 160 g/mol. The average Bonchev–Trinajstić information content (AvgIpc) is 2.50. The molecule has 1 saturated heterocycles. The minimum absolute atomic E-state index is 0.153. The van der Waals surface area contributed by atoms with Crippen LogP contribution in [0.4, 0.5) is 0 Å². The van der Waals surface area contributed by atoms with Gasteiger partial charge in [0.2, 0.25) is 0 Å². The molecule has 0 aliphatic carbocycles. The molecule has 0 N–H and O–H groups in total. The van der Waals surface area contributed by atoms with Crippen LogP contribution >= 0.6 is 0 Å². The molecule has 0 aromatic carbocycles. The van der Waals surface area contributed by atoms with Gasteiger partial charge in [-0.25, -0.2) is 0 Å². The first-order valence-corrected chi connectivity index (χ1v) is 4.01. The summed E-state index contributed by atoms with van der Waals surface area (Å²) >= 11 is 0. The van der Waals surface area contributed by atoms with Gasteiger partial charge in [0.15, 0.2) is 12.1 Å². The summed E-state index contributed by atoms with van der Waals surface area (Å²) in [4.78, 5) is 0. The Labute approximate surface area is 72.7 Å². The molecule has 1 heterocycles. The van der Waals surface area contributed by atoms with Crippen LogP contribution in [0.5, 0.6) is 0 Å². The van der Waals surface area contributed by atoms with Gasteiger partial charge in [-0.15, -0.1) is 0 Å². The van der Waals surface area contributed by atoms with Crippen molar-refractivity contribution in [1.82, 2.24) is 0 Å². The first kappa shape index (κ1) is 9.92. The molecule has 0 radical (unpaired) electrons. The van der Waals surface area contributed by atoms with Crippen molar-refractivity contribution >= 4 is 0 Å². The van der Waals surface area contributed by atoms with E-state index >= 15 is 0 Å². The molecule has 4 nitrogen and oxygen atoms in total. The van der Waals surface area contributed by atoms with E-state index in [1.165, 1.54) is 0 Å². The van der Waals surface area contributed by atoms with Crippen molar-refractivity contribution in [3.05, 3.63) is 0 Å². The molecule has 72 valence electrons. The van der Waals surface area contributed by atoms with Crippen molar-refractivity contribution in [2.75, 3.05) is 27.9 Å². The van der Waals surface area contributed by atoms with Crippen LogP contribution in [0, 0.1) is 0 Å². The van der Waals surface area contributed by atoms with Gasteiger partial charge in [-0.2, -0.15) is 0 Å². The van der Waals surface area contributed by atoms with Crippen molar-refractivity contribution in [1.29, 1.82) is 0 Å². The molecular formula is C8H16O4. The zero-order valence-electron chi connectivity index (χ0n) is 7.83. The predicted octanol–water partition coefficient (Wildman–Crippen LogP) is 0.758. The summed E-state index contributed by atoms with van der Waals surface area (Å²) in [5, 5.41) is 0. The van der Waals surface area contributed by atoms with E-state index in [0.29, 0.717) is 6.61 Å². The molecule has 1 aliphatic rings. The first-order valence-electron chi connectivity index (χ1n) is 4.01. The zero-order valence-corrected chi connectivity index (χ0v) is 7.83. The van der Waals surface area contributed by atoms with Gasteiger partial charge >= 0.3 is 0 Å². The first-order chi connectivity index (χ1) is 5.76. The van der Waals surface area contributed by atoms with Gasteiger partial charge < -0.3 is 18.9 Å². The van der Waals surface area contributed by atoms with E-state index in [1.807, 2.05) is 0 Å². The standard InChI is InChI=1S/C8H16O4/c1-9-6-8(11-3)5-4-7(10-2)12-8/h7H,4-6H2,1-3H3/t7-,8-/m0/s1. The van der Waals surface area contributed by atoms with E-state index in [-0.39, 0.29) is 6.29 Å². The molecule has 0 aromatic heterocycles. The van der Waals surface area contributed by atoms with E-state index in [1.54, 1.807) is 21.3 Å². The summed E-state index contributed by atoms with van der Waals surface area (Å²) in [6.07, 6.45) is 1.52. The molecule has 1 rings (SSSR count). The van der Waals surface area contributed by atoms with Crippen LogP contribution in [-0.4, -0.2) is 40.0 Å². The fraction of sp³-hybridized carbons (Fsp3) is 1.00. The Kier molecular flexibility index (Phi) is 3.46. The van der Waals surface area contributed by atoms with Crippen LogP contribution in [0.1, 0.15) is 12.8 Å². The second-order valence-electron chi connectivity index (χ2n) is 2.87. The van der Waals surface area contributed by atoms with Gasteiger partial charge in [-0.3, -0.25) is 0 Å². The monoisotopic (exact) mass is 176 g/mol. The largest absolute Gasteiger partial charge is 0.379 e. The predicted molar refractivity (Wildman–Crippen MR) is 42.7 cm³/mol. The maximum absolute atomic E-state index is 5.52. The van der Waals surface area contributed by atoms with E-state index in [2.05, 4.69) is 0 Å². The number of hydrogen-bond acceptors (Lipinski definition) is 4. The summed E-state index contributed by atoms with van der Waals surface area (Å²) in [7, 11) is 4.88. The van der Waals surface area contributed by atoms with Crippen molar-refractivity contribution in [3.8, 4) is 0 Å². The topological polar surface area (TPSA) is 36.9 Å². The van der Waals surface area contributed by atoms with Gasteiger partial charge in [0, 0.05) is 34.2 Å². The summed E-state index contributed by atoms with van der Waals surface area (Å²) in [6, 6.07) is 0. The highest BCUT2D eigenvalue weighted by molar-refractivity contribution is 4.76. The maximum Gasteiger partial charge on any atom is 0.194 e. The third kappa shape index (κ3) is 1.95. The highest BCUT2D eigenvalue weighted by Crippen LogP contribution is 2.31. The minimum Gasteiger partial charge on any atom is -0.379 e. The van der Waals surface area contributed by atoms with Gasteiger partial charge in [0.05, 0.1) is 0 Å². The third-order valence-corrected chi connectivity index (χ3v) is 2.11.